The van der Waals surface area contributed by atoms with Crippen molar-refractivity contribution in [2.75, 3.05) is 36.5 Å². The van der Waals surface area contributed by atoms with E-state index < -0.39 is 0 Å². The van der Waals surface area contributed by atoms with Crippen molar-refractivity contribution in [1.29, 1.82) is 0 Å². The third kappa shape index (κ3) is 7.83. The van der Waals surface area contributed by atoms with Gasteiger partial charge in [-0.1, -0.05) is 48.6 Å². The van der Waals surface area contributed by atoms with Gasteiger partial charge in [0.15, 0.2) is 0 Å². The first-order valence-electron chi connectivity index (χ1n) is 10.8. The first-order chi connectivity index (χ1) is 15.2. The number of allylic oxidation sites excluding steroid dienone is 4. The number of anilines is 2. The molecule has 31 heavy (non-hydrogen) atoms. The van der Waals surface area contributed by atoms with Crippen molar-refractivity contribution in [3.63, 3.8) is 0 Å². The van der Waals surface area contributed by atoms with E-state index in [2.05, 4.69) is 39.6 Å². The largest absolute Gasteiger partial charge is 0.395 e. The Morgan fingerprint density at radius 3 is 2.81 bits per heavy atom. The molecule has 1 heterocycles. The van der Waals surface area contributed by atoms with E-state index in [9.17, 15) is 9.90 Å². The highest BCUT2D eigenvalue weighted by molar-refractivity contribution is 5.94. The van der Waals surface area contributed by atoms with Crippen LogP contribution in [0.3, 0.4) is 0 Å². The topological polar surface area (TPSA) is 77.8 Å². The molecule has 1 aliphatic rings. The summed E-state index contributed by atoms with van der Waals surface area (Å²) in [5.74, 6) is 0.591. The van der Waals surface area contributed by atoms with Crippen LogP contribution in [0.5, 0.6) is 0 Å². The molecule has 0 atom stereocenters. The van der Waals surface area contributed by atoms with Gasteiger partial charge in [-0.25, -0.2) is 4.98 Å². The average molecular weight is 419 g/mol. The third-order valence-corrected chi connectivity index (χ3v) is 4.98. The summed E-state index contributed by atoms with van der Waals surface area (Å²) < 4.78 is 0. The van der Waals surface area contributed by atoms with Gasteiger partial charge >= 0.3 is 0 Å². The number of hydrogen-bond donors (Lipinski definition) is 2. The molecule has 0 fully saturated rings. The highest BCUT2D eigenvalue weighted by Crippen LogP contribution is 2.15. The van der Waals surface area contributed by atoms with Crippen LogP contribution in [0, 0.1) is 0 Å². The van der Waals surface area contributed by atoms with Crippen molar-refractivity contribution in [2.45, 2.75) is 25.7 Å². The Labute approximate surface area is 184 Å². The Kier molecular flexibility index (Phi) is 9.01. The van der Waals surface area contributed by atoms with Crippen LogP contribution < -0.4 is 10.2 Å². The fraction of sp³-hybridized carbons (Fsp3) is 0.320. The normalized spacial score (nSPS) is 13.6. The summed E-state index contributed by atoms with van der Waals surface area (Å²) in [6.45, 7) is 1.38. The van der Waals surface area contributed by atoms with Crippen LogP contribution in [0.2, 0.25) is 0 Å². The van der Waals surface area contributed by atoms with Crippen molar-refractivity contribution in [3.05, 3.63) is 78.0 Å². The fourth-order valence-corrected chi connectivity index (χ4v) is 3.34. The van der Waals surface area contributed by atoms with Gasteiger partial charge in [0.2, 0.25) is 5.91 Å². The first-order valence-corrected chi connectivity index (χ1v) is 10.8. The molecule has 1 amide bonds. The molecule has 162 valence electrons. The molecular weight excluding hydrogens is 388 g/mol. The molecule has 1 aliphatic carbocycles. The van der Waals surface area contributed by atoms with Crippen molar-refractivity contribution < 1.29 is 9.90 Å². The zero-order chi connectivity index (χ0) is 21.7. The Bertz CT molecular complexity index is 905. The van der Waals surface area contributed by atoms with E-state index >= 15 is 0 Å². The lowest BCUT2D eigenvalue weighted by Gasteiger charge is -2.23. The number of benzene rings is 1. The number of hydrogen-bond acceptors (Lipinski definition) is 5. The van der Waals surface area contributed by atoms with Crippen LogP contribution in [0.25, 0.3) is 0 Å². The summed E-state index contributed by atoms with van der Waals surface area (Å²) >= 11 is 0. The van der Waals surface area contributed by atoms with Crippen LogP contribution in [0.1, 0.15) is 24.8 Å². The molecule has 1 aromatic carbocycles. The fourth-order valence-electron chi connectivity index (χ4n) is 3.34. The SMILES string of the molecule is O=C(CN=CC1=CCCCC=C1)Nc1ccc(N(CCO)CCc2ccccc2)nc1. The Morgan fingerprint density at radius 1 is 1.16 bits per heavy atom. The molecule has 0 saturated carbocycles. The molecule has 0 radical (unpaired) electrons. The molecule has 6 nitrogen and oxygen atoms in total. The van der Waals surface area contributed by atoms with Crippen LogP contribution in [-0.2, 0) is 11.2 Å². The van der Waals surface area contributed by atoms with Gasteiger partial charge < -0.3 is 15.3 Å². The molecule has 0 spiro atoms. The molecule has 0 aliphatic heterocycles. The lowest BCUT2D eigenvalue weighted by Crippen LogP contribution is -2.29. The van der Waals surface area contributed by atoms with Gasteiger partial charge in [-0.15, -0.1) is 0 Å². The van der Waals surface area contributed by atoms with Crippen molar-refractivity contribution in [1.82, 2.24) is 4.98 Å². The number of rotatable bonds is 10. The molecular formula is C25H30N4O2. The van der Waals surface area contributed by atoms with Crippen molar-refractivity contribution >= 4 is 23.6 Å². The zero-order valence-corrected chi connectivity index (χ0v) is 17.8. The molecule has 0 unspecified atom stereocenters. The number of pyridine rings is 1. The van der Waals surface area contributed by atoms with Gasteiger partial charge in [0, 0.05) is 19.3 Å². The monoisotopic (exact) mass is 418 g/mol. The second kappa shape index (κ2) is 12.4. The van der Waals surface area contributed by atoms with E-state index in [0.29, 0.717) is 12.2 Å². The summed E-state index contributed by atoms with van der Waals surface area (Å²) in [5.41, 5.74) is 2.92. The van der Waals surface area contributed by atoms with E-state index in [1.807, 2.05) is 41.3 Å². The number of aromatic nitrogens is 1. The zero-order valence-electron chi connectivity index (χ0n) is 17.8. The Morgan fingerprint density at radius 2 is 2.03 bits per heavy atom. The molecule has 0 saturated heterocycles. The summed E-state index contributed by atoms with van der Waals surface area (Å²) in [6.07, 6.45) is 13.9. The van der Waals surface area contributed by atoms with Crippen molar-refractivity contribution in [2.24, 2.45) is 4.99 Å². The number of amides is 1. The minimum Gasteiger partial charge on any atom is -0.395 e. The second-order valence-corrected chi connectivity index (χ2v) is 7.41. The summed E-state index contributed by atoms with van der Waals surface area (Å²) in [7, 11) is 0. The number of aliphatic imine (C=N–C) groups is 1. The number of aliphatic hydroxyl groups is 1. The lowest BCUT2D eigenvalue weighted by molar-refractivity contribution is -0.114. The maximum absolute atomic E-state index is 12.2. The standard InChI is InChI=1S/C25H30N4O2/c30-17-16-29(15-14-21-8-6-3-7-9-21)24-13-12-23(19-27-24)28-25(31)20-26-18-22-10-4-1-2-5-11-22/h3-4,6-13,18-19,30H,1-2,5,14-17,20H2,(H,28,31). The van der Waals surface area contributed by atoms with Gasteiger partial charge in [-0.2, -0.15) is 0 Å². The Balaban J connectivity index is 1.51. The molecule has 1 aromatic heterocycles. The minimum absolute atomic E-state index is 0.0542. The predicted molar refractivity (Wildman–Crippen MR) is 127 cm³/mol. The molecule has 2 aromatic rings. The lowest BCUT2D eigenvalue weighted by atomic mass is 10.1. The van der Waals surface area contributed by atoms with Crippen LogP contribution in [0.15, 0.2) is 77.5 Å². The van der Waals surface area contributed by atoms with E-state index in [1.54, 1.807) is 12.4 Å². The first kappa shape index (κ1) is 22.4. The molecule has 2 N–H and O–H groups in total. The average Bonchev–Trinajstić information content (AvgIpc) is 3.07. The maximum Gasteiger partial charge on any atom is 0.246 e. The summed E-state index contributed by atoms with van der Waals surface area (Å²) in [4.78, 5) is 22.9. The number of carbonyl (C=O) groups is 1. The smallest absolute Gasteiger partial charge is 0.246 e. The Hall–Kier alpha value is -3.25. The van der Waals surface area contributed by atoms with Gasteiger partial charge in [0.25, 0.3) is 0 Å². The second-order valence-electron chi connectivity index (χ2n) is 7.41. The van der Waals surface area contributed by atoms with E-state index in [0.717, 1.165) is 43.6 Å². The van der Waals surface area contributed by atoms with E-state index in [1.165, 1.54) is 5.56 Å². The van der Waals surface area contributed by atoms with E-state index in [4.69, 9.17) is 0 Å². The van der Waals surface area contributed by atoms with Gasteiger partial charge in [-0.05, 0) is 49.0 Å². The van der Waals surface area contributed by atoms with Crippen LogP contribution in [0.4, 0.5) is 11.5 Å². The maximum atomic E-state index is 12.2. The highest BCUT2D eigenvalue weighted by Gasteiger charge is 2.09. The molecule has 0 bridgehead atoms. The number of nitrogens with one attached hydrogen (secondary N) is 1. The molecule has 3 rings (SSSR count). The van der Waals surface area contributed by atoms with Crippen LogP contribution >= 0.6 is 0 Å². The van der Waals surface area contributed by atoms with E-state index in [-0.39, 0.29) is 19.1 Å². The van der Waals surface area contributed by atoms with Crippen LogP contribution in [-0.4, -0.2) is 48.5 Å². The minimum atomic E-state index is -0.180. The number of nitrogens with zero attached hydrogens (tertiary/aromatic N) is 3. The van der Waals surface area contributed by atoms with Crippen molar-refractivity contribution in [3.8, 4) is 0 Å². The van der Waals surface area contributed by atoms with Gasteiger partial charge in [0.05, 0.1) is 18.5 Å². The quantitative estimate of drug-likeness (QED) is 0.576. The highest BCUT2D eigenvalue weighted by atomic mass is 16.3. The summed E-state index contributed by atoms with van der Waals surface area (Å²) in [5, 5.41) is 12.2. The number of carbonyl (C=O) groups excluding carboxylic acids is 1. The third-order valence-electron chi connectivity index (χ3n) is 4.98. The number of aliphatic hydroxyl groups excluding tert-OH is 1. The summed E-state index contributed by atoms with van der Waals surface area (Å²) in [6, 6.07) is 13.9. The van der Waals surface area contributed by atoms with Gasteiger partial charge in [0.1, 0.15) is 12.4 Å². The molecule has 6 heteroatoms. The van der Waals surface area contributed by atoms with Gasteiger partial charge in [-0.3, -0.25) is 9.79 Å². The predicted octanol–water partition coefficient (Wildman–Crippen LogP) is 3.80.